The van der Waals surface area contributed by atoms with Crippen molar-refractivity contribution >= 4 is 29.3 Å². The summed E-state index contributed by atoms with van der Waals surface area (Å²) in [6.45, 7) is 5.92. The molecule has 0 saturated carbocycles. The average molecular weight is 391 g/mol. The van der Waals surface area contributed by atoms with Crippen LogP contribution < -0.4 is 5.32 Å². The molecule has 3 aliphatic rings. The molecular formula is C19H25N3O4S. The van der Waals surface area contributed by atoms with Gasteiger partial charge in [-0.25, -0.2) is 0 Å². The van der Waals surface area contributed by atoms with E-state index in [2.05, 4.69) is 10.2 Å². The van der Waals surface area contributed by atoms with E-state index in [4.69, 9.17) is 9.47 Å². The highest BCUT2D eigenvalue weighted by Gasteiger charge is 2.26. The predicted molar refractivity (Wildman–Crippen MR) is 103 cm³/mol. The van der Waals surface area contributed by atoms with Crippen LogP contribution in [-0.4, -0.2) is 86.0 Å². The molecule has 1 atom stereocenters. The Labute approximate surface area is 163 Å². The van der Waals surface area contributed by atoms with Crippen LogP contribution in [0.2, 0.25) is 0 Å². The third-order valence-corrected chi connectivity index (χ3v) is 6.17. The van der Waals surface area contributed by atoms with E-state index in [1.807, 2.05) is 23.1 Å². The first-order chi connectivity index (χ1) is 13.2. The first-order valence-electron chi connectivity index (χ1n) is 9.47. The van der Waals surface area contributed by atoms with E-state index in [0.29, 0.717) is 44.9 Å². The maximum Gasteiger partial charge on any atom is 0.254 e. The second-order valence-electron chi connectivity index (χ2n) is 7.02. The molecule has 0 bridgehead atoms. The summed E-state index contributed by atoms with van der Waals surface area (Å²) in [5.41, 5.74) is 1.38. The largest absolute Gasteiger partial charge is 0.376 e. The Hall–Kier alpha value is -1.61. The Balaban J connectivity index is 1.34. The van der Waals surface area contributed by atoms with Gasteiger partial charge in [0.25, 0.3) is 5.91 Å². The van der Waals surface area contributed by atoms with Crippen molar-refractivity contribution in [1.82, 2.24) is 9.80 Å². The van der Waals surface area contributed by atoms with Crippen molar-refractivity contribution in [3.05, 3.63) is 23.8 Å². The molecule has 1 aromatic rings. The summed E-state index contributed by atoms with van der Waals surface area (Å²) in [5.74, 6) is 0.802. The Morgan fingerprint density at radius 3 is 2.85 bits per heavy atom. The third-order valence-electron chi connectivity index (χ3n) is 5.09. The van der Waals surface area contributed by atoms with E-state index in [9.17, 15) is 9.59 Å². The number of ether oxygens (including phenoxy) is 2. The molecule has 3 heterocycles. The fourth-order valence-electron chi connectivity index (χ4n) is 3.60. The molecule has 146 valence electrons. The summed E-state index contributed by atoms with van der Waals surface area (Å²) in [7, 11) is 0. The number of amides is 2. The lowest BCUT2D eigenvalue weighted by atomic mass is 10.1. The van der Waals surface area contributed by atoms with Gasteiger partial charge in [0.1, 0.15) is 0 Å². The highest BCUT2D eigenvalue weighted by atomic mass is 32.2. The van der Waals surface area contributed by atoms with Crippen molar-refractivity contribution in [3.63, 3.8) is 0 Å². The van der Waals surface area contributed by atoms with Crippen LogP contribution in [0.15, 0.2) is 23.1 Å². The van der Waals surface area contributed by atoms with Gasteiger partial charge in [-0.15, -0.1) is 11.8 Å². The van der Waals surface area contributed by atoms with E-state index in [1.165, 1.54) is 0 Å². The normalized spacial score (nSPS) is 24.1. The molecule has 0 aromatic heterocycles. The predicted octanol–water partition coefficient (Wildman–Crippen LogP) is 1.29. The summed E-state index contributed by atoms with van der Waals surface area (Å²) in [6.07, 6.45) is 0.632. The highest BCUT2D eigenvalue weighted by Crippen LogP contribution is 2.31. The first kappa shape index (κ1) is 18.7. The van der Waals surface area contributed by atoms with E-state index in [1.54, 1.807) is 11.8 Å². The van der Waals surface area contributed by atoms with Crippen LogP contribution in [-0.2, 0) is 14.3 Å². The van der Waals surface area contributed by atoms with Crippen molar-refractivity contribution in [2.24, 2.45) is 0 Å². The zero-order chi connectivity index (χ0) is 18.6. The number of nitrogens with zero attached hydrogens (tertiary/aromatic N) is 2. The number of nitrogens with one attached hydrogen (secondary N) is 1. The highest BCUT2D eigenvalue weighted by molar-refractivity contribution is 7.99. The number of carbonyl (C=O) groups excluding carboxylic acids is 2. The van der Waals surface area contributed by atoms with E-state index in [-0.39, 0.29) is 17.9 Å². The lowest BCUT2D eigenvalue weighted by Crippen LogP contribution is -2.51. The van der Waals surface area contributed by atoms with E-state index < -0.39 is 0 Å². The topological polar surface area (TPSA) is 71.1 Å². The third kappa shape index (κ3) is 4.63. The zero-order valence-corrected chi connectivity index (χ0v) is 16.1. The molecule has 8 heteroatoms. The number of piperazine rings is 1. The molecule has 7 nitrogen and oxygen atoms in total. The average Bonchev–Trinajstić information content (AvgIpc) is 2.88. The van der Waals surface area contributed by atoms with Crippen LogP contribution in [0.4, 0.5) is 5.69 Å². The maximum absolute atomic E-state index is 12.9. The minimum atomic E-state index is 0.00775. The number of thioether (sulfide) groups is 1. The molecule has 2 amide bonds. The van der Waals surface area contributed by atoms with E-state index >= 15 is 0 Å². The van der Waals surface area contributed by atoms with Crippen LogP contribution in [0.1, 0.15) is 16.8 Å². The number of fused-ring (bicyclic) bond motifs is 1. The van der Waals surface area contributed by atoms with Gasteiger partial charge in [0.15, 0.2) is 0 Å². The molecule has 4 rings (SSSR count). The van der Waals surface area contributed by atoms with E-state index in [0.717, 1.165) is 36.0 Å². The Kier molecular flexibility index (Phi) is 5.97. The number of carbonyl (C=O) groups is 2. The number of hydrogen-bond donors (Lipinski definition) is 1. The van der Waals surface area contributed by atoms with Gasteiger partial charge in [0, 0.05) is 55.4 Å². The Bertz CT molecular complexity index is 700. The van der Waals surface area contributed by atoms with Crippen molar-refractivity contribution in [3.8, 4) is 0 Å². The molecule has 3 aliphatic heterocycles. The van der Waals surface area contributed by atoms with Crippen LogP contribution in [0.5, 0.6) is 0 Å². The van der Waals surface area contributed by atoms with Gasteiger partial charge >= 0.3 is 0 Å². The minimum Gasteiger partial charge on any atom is -0.376 e. The number of rotatable bonds is 3. The second-order valence-corrected chi connectivity index (χ2v) is 8.15. The Morgan fingerprint density at radius 2 is 2.07 bits per heavy atom. The van der Waals surface area contributed by atoms with Crippen LogP contribution in [0.3, 0.4) is 0 Å². The fourth-order valence-corrected chi connectivity index (χ4v) is 4.54. The molecule has 0 radical (unpaired) electrons. The molecule has 1 unspecified atom stereocenters. The van der Waals surface area contributed by atoms with Gasteiger partial charge < -0.3 is 19.7 Å². The van der Waals surface area contributed by atoms with Gasteiger partial charge in [0.2, 0.25) is 5.91 Å². The van der Waals surface area contributed by atoms with Crippen LogP contribution in [0.25, 0.3) is 0 Å². The maximum atomic E-state index is 12.9. The van der Waals surface area contributed by atoms with Gasteiger partial charge in [-0.1, -0.05) is 0 Å². The van der Waals surface area contributed by atoms with Crippen LogP contribution in [0, 0.1) is 0 Å². The quantitative estimate of drug-likeness (QED) is 0.837. The smallest absolute Gasteiger partial charge is 0.254 e. The monoisotopic (exact) mass is 391 g/mol. The summed E-state index contributed by atoms with van der Waals surface area (Å²) in [5, 5.41) is 2.91. The lowest BCUT2D eigenvalue weighted by Gasteiger charge is -2.37. The fraction of sp³-hybridized carbons (Fsp3) is 0.579. The zero-order valence-electron chi connectivity index (χ0n) is 15.3. The molecule has 1 aromatic carbocycles. The summed E-state index contributed by atoms with van der Waals surface area (Å²) < 4.78 is 11.2. The summed E-state index contributed by atoms with van der Waals surface area (Å²) >= 11 is 1.65. The van der Waals surface area contributed by atoms with Crippen molar-refractivity contribution < 1.29 is 19.1 Å². The van der Waals surface area contributed by atoms with Crippen LogP contribution >= 0.6 is 11.8 Å². The number of anilines is 1. The standard InChI is InChI=1S/C19H25N3O4S/c23-18-3-10-27-17-2-1-14(11-16(17)20-18)19(24)22-6-4-21(5-7-22)12-15-13-25-8-9-26-15/h1-2,11,15H,3-10,12-13H2,(H,20,23). The molecule has 2 fully saturated rings. The SMILES string of the molecule is O=C1CCSc2ccc(C(=O)N3CCN(CC4COCCO4)CC3)cc2N1. The van der Waals surface area contributed by atoms with Gasteiger partial charge in [-0.2, -0.15) is 0 Å². The molecule has 0 aliphatic carbocycles. The van der Waals surface area contributed by atoms with Crippen molar-refractivity contribution in [2.75, 3.05) is 63.6 Å². The molecular weight excluding hydrogens is 366 g/mol. The molecule has 27 heavy (non-hydrogen) atoms. The lowest BCUT2D eigenvalue weighted by molar-refractivity contribution is -0.115. The van der Waals surface area contributed by atoms with Gasteiger partial charge in [0.05, 0.1) is 31.6 Å². The van der Waals surface area contributed by atoms with Crippen molar-refractivity contribution in [2.45, 2.75) is 17.4 Å². The van der Waals surface area contributed by atoms with Gasteiger partial charge in [-0.05, 0) is 18.2 Å². The molecule has 2 saturated heterocycles. The number of benzene rings is 1. The summed E-state index contributed by atoms with van der Waals surface area (Å²) in [4.78, 5) is 29.9. The number of hydrogen-bond acceptors (Lipinski definition) is 6. The molecule has 1 N–H and O–H groups in total. The van der Waals surface area contributed by atoms with Crippen molar-refractivity contribution in [1.29, 1.82) is 0 Å². The summed E-state index contributed by atoms with van der Waals surface area (Å²) in [6, 6.07) is 5.62. The first-order valence-corrected chi connectivity index (χ1v) is 10.5. The van der Waals surface area contributed by atoms with Gasteiger partial charge in [-0.3, -0.25) is 14.5 Å². The minimum absolute atomic E-state index is 0.00775. The molecule has 0 spiro atoms. The Morgan fingerprint density at radius 1 is 1.22 bits per heavy atom. The second kappa shape index (κ2) is 8.60.